The lowest BCUT2D eigenvalue weighted by molar-refractivity contribution is 0.258. The molecule has 1 fully saturated rings. The predicted molar refractivity (Wildman–Crippen MR) is 136 cm³/mol. The van der Waals surface area contributed by atoms with Gasteiger partial charge in [0.25, 0.3) is 0 Å². The Balaban J connectivity index is 1.61. The van der Waals surface area contributed by atoms with Crippen molar-refractivity contribution in [3.8, 4) is 22.9 Å². The van der Waals surface area contributed by atoms with Crippen LogP contribution in [-0.4, -0.2) is 50.8 Å². The average Bonchev–Trinajstić information content (AvgIpc) is 3.05. The largest absolute Gasteiger partial charge is 0.497 e. The fraction of sp³-hybridized carbons (Fsp3) is 0.393. The third kappa shape index (κ3) is 5.14. The molecule has 174 valence electrons. The van der Waals surface area contributed by atoms with Crippen LogP contribution >= 0.6 is 0 Å². The maximum absolute atomic E-state index is 5.47. The summed E-state index contributed by atoms with van der Waals surface area (Å²) in [5.74, 6) is 2.05. The average molecular weight is 446 g/mol. The van der Waals surface area contributed by atoms with Gasteiger partial charge in [0, 0.05) is 37.3 Å². The lowest BCUT2D eigenvalue weighted by atomic mass is 10.00. The highest BCUT2D eigenvalue weighted by atomic mass is 16.5. The van der Waals surface area contributed by atoms with Crippen molar-refractivity contribution in [1.82, 2.24) is 9.88 Å². The number of aromatic nitrogens is 1. The van der Waals surface area contributed by atoms with Gasteiger partial charge in [-0.2, -0.15) is 0 Å². The maximum Gasteiger partial charge on any atom is 0.213 e. The first-order chi connectivity index (χ1) is 16.0. The number of anilines is 1. The van der Waals surface area contributed by atoms with Gasteiger partial charge >= 0.3 is 0 Å². The lowest BCUT2D eigenvalue weighted by Gasteiger charge is -2.25. The van der Waals surface area contributed by atoms with Crippen LogP contribution in [0.5, 0.6) is 11.6 Å². The van der Waals surface area contributed by atoms with E-state index in [1.165, 1.54) is 11.1 Å². The van der Waals surface area contributed by atoms with Gasteiger partial charge in [0.05, 0.1) is 25.6 Å². The molecule has 1 aromatic heterocycles. The van der Waals surface area contributed by atoms with Crippen LogP contribution in [0.1, 0.15) is 43.4 Å². The van der Waals surface area contributed by atoms with Crippen LogP contribution in [0, 0.1) is 0 Å². The Morgan fingerprint density at radius 2 is 1.58 bits per heavy atom. The highest BCUT2D eigenvalue weighted by Crippen LogP contribution is 2.35. The summed E-state index contributed by atoms with van der Waals surface area (Å²) in [4.78, 5) is 9.79. The molecule has 1 aliphatic rings. The number of pyridine rings is 1. The van der Waals surface area contributed by atoms with Crippen LogP contribution in [0.15, 0.2) is 60.7 Å². The standard InChI is InChI=1S/C28H35N3O2/c1-20(2)21-6-8-23(9-7-21)28-26(14-15-27(29-28)33-5)31-17-16-25(30(3)18-19-31)22-10-12-24(32-4)13-11-22/h6-15,20,25H,16-19H2,1-5H3. The van der Waals surface area contributed by atoms with Gasteiger partial charge in [-0.3, -0.25) is 4.90 Å². The van der Waals surface area contributed by atoms with Gasteiger partial charge in [-0.25, -0.2) is 4.98 Å². The third-order valence-electron chi connectivity index (χ3n) is 6.68. The van der Waals surface area contributed by atoms with Gasteiger partial charge in [-0.15, -0.1) is 0 Å². The molecule has 2 heterocycles. The molecule has 5 nitrogen and oxygen atoms in total. The van der Waals surface area contributed by atoms with Gasteiger partial charge < -0.3 is 14.4 Å². The first-order valence-electron chi connectivity index (χ1n) is 11.7. The second kappa shape index (κ2) is 10.3. The topological polar surface area (TPSA) is 37.8 Å². The SMILES string of the molecule is COc1ccc(C2CCN(c3ccc(OC)nc3-c3ccc(C(C)C)cc3)CCN2C)cc1. The molecular formula is C28H35N3O2. The minimum atomic E-state index is 0.376. The first-order valence-corrected chi connectivity index (χ1v) is 11.7. The van der Waals surface area contributed by atoms with Crippen molar-refractivity contribution >= 4 is 5.69 Å². The third-order valence-corrected chi connectivity index (χ3v) is 6.68. The Kier molecular flexibility index (Phi) is 7.19. The molecule has 0 bridgehead atoms. The number of nitrogens with zero attached hydrogens (tertiary/aromatic N) is 3. The molecule has 0 amide bonds. The lowest BCUT2D eigenvalue weighted by Crippen LogP contribution is -2.29. The smallest absolute Gasteiger partial charge is 0.213 e. The highest BCUT2D eigenvalue weighted by Gasteiger charge is 2.25. The summed E-state index contributed by atoms with van der Waals surface area (Å²) in [5.41, 5.74) is 5.93. The maximum atomic E-state index is 5.47. The molecule has 1 unspecified atom stereocenters. The molecular weight excluding hydrogens is 410 g/mol. The zero-order chi connectivity index (χ0) is 23.4. The minimum absolute atomic E-state index is 0.376. The number of methoxy groups -OCH3 is 2. The summed E-state index contributed by atoms with van der Waals surface area (Å²) in [6.45, 7) is 7.34. The van der Waals surface area contributed by atoms with Crippen LogP contribution < -0.4 is 14.4 Å². The second-order valence-corrected chi connectivity index (χ2v) is 9.04. The van der Waals surface area contributed by atoms with E-state index in [0.717, 1.165) is 48.7 Å². The fourth-order valence-electron chi connectivity index (χ4n) is 4.57. The Morgan fingerprint density at radius 1 is 0.848 bits per heavy atom. The van der Waals surface area contributed by atoms with E-state index >= 15 is 0 Å². The Labute approximate surface area is 198 Å². The van der Waals surface area contributed by atoms with E-state index in [2.05, 4.69) is 85.3 Å². The Bertz CT molecular complexity index is 1050. The van der Waals surface area contributed by atoms with E-state index in [1.54, 1.807) is 14.2 Å². The quantitative estimate of drug-likeness (QED) is 0.481. The van der Waals surface area contributed by atoms with Crippen molar-refractivity contribution in [3.05, 3.63) is 71.8 Å². The van der Waals surface area contributed by atoms with E-state index in [9.17, 15) is 0 Å². The molecule has 1 atom stereocenters. The molecule has 5 heteroatoms. The van der Waals surface area contributed by atoms with Crippen LogP contribution in [0.3, 0.4) is 0 Å². The zero-order valence-electron chi connectivity index (χ0n) is 20.4. The summed E-state index contributed by atoms with van der Waals surface area (Å²) < 4.78 is 10.8. The summed E-state index contributed by atoms with van der Waals surface area (Å²) in [6.07, 6.45) is 1.04. The second-order valence-electron chi connectivity index (χ2n) is 9.04. The molecule has 4 rings (SSSR count). The van der Waals surface area contributed by atoms with Gasteiger partial charge in [-0.1, -0.05) is 50.2 Å². The van der Waals surface area contributed by atoms with E-state index in [0.29, 0.717) is 17.8 Å². The van der Waals surface area contributed by atoms with E-state index < -0.39 is 0 Å². The molecule has 2 aromatic carbocycles. The highest BCUT2D eigenvalue weighted by molar-refractivity contribution is 5.76. The zero-order valence-corrected chi connectivity index (χ0v) is 20.4. The van der Waals surface area contributed by atoms with E-state index in [4.69, 9.17) is 14.5 Å². The molecule has 3 aromatic rings. The van der Waals surface area contributed by atoms with Crippen molar-refractivity contribution in [2.45, 2.75) is 32.2 Å². The molecule has 1 aliphatic heterocycles. The summed E-state index contributed by atoms with van der Waals surface area (Å²) in [7, 11) is 5.60. The van der Waals surface area contributed by atoms with Crippen molar-refractivity contribution in [3.63, 3.8) is 0 Å². The minimum Gasteiger partial charge on any atom is -0.497 e. The monoisotopic (exact) mass is 445 g/mol. The number of rotatable bonds is 6. The van der Waals surface area contributed by atoms with Crippen molar-refractivity contribution in [2.75, 3.05) is 45.8 Å². The number of hydrogen-bond acceptors (Lipinski definition) is 5. The molecule has 0 radical (unpaired) electrons. The Morgan fingerprint density at radius 3 is 2.21 bits per heavy atom. The van der Waals surface area contributed by atoms with E-state index in [1.807, 2.05) is 6.07 Å². The number of benzene rings is 2. The molecule has 0 N–H and O–H groups in total. The number of likely N-dealkylation sites (N-methyl/N-ethyl adjacent to an activating group) is 1. The van der Waals surface area contributed by atoms with Crippen LogP contribution in [-0.2, 0) is 0 Å². The molecule has 0 aliphatic carbocycles. The van der Waals surface area contributed by atoms with Crippen molar-refractivity contribution in [1.29, 1.82) is 0 Å². The molecule has 33 heavy (non-hydrogen) atoms. The van der Waals surface area contributed by atoms with Gasteiger partial charge in [-0.05, 0) is 48.7 Å². The van der Waals surface area contributed by atoms with Gasteiger partial charge in [0.15, 0.2) is 0 Å². The fourth-order valence-corrected chi connectivity index (χ4v) is 4.57. The molecule has 1 saturated heterocycles. The van der Waals surface area contributed by atoms with Crippen LogP contribution in [0.2, 0.25) is 0 Å². The van der Waals surface area contributed by atoms with Crippen molar-refractivity contribution < 1.29 is 9.47 Å². The number of ether oxygens (including phenoxy) is 2. The van der Waals surface area contributed by atoms with Crippen LogP contribution in [0.25, 0.3) is 11.3 Å². The first kappa shape index (κ1) is 23.1. The summed E-state index contributed by atoms with van der Waals surface area (Å²) in [5, 5.41) is 0. The normalized spacial score (nSPS) is 17.2. The predicted octanol–water partition coefficient (Wildman–Crippen LogP) is 5.77. The van der Waals surface area contributed by atoms with Gasteiger partial charge in [0.2, 0.25) is 5.88 Å². The summed E-state index contributed by atoms with van der Waals surface area (Å²) in [6, 6.07) is 21.8. The van der Waals surface area contributed by atoms with Crippen molar-refractivity contribution in [2.24, 2.45) is 0 Å². The van der Waals surface area contributed by atoms with E-state index in [-0.39, 0.29) is 0 Å². The Hall–Kier alpha value is -3.05. The molecule has 0 saturated carbocycles. The number of hydrogen-bond donors (Lipinski definition) is 0. The summed E-state index contributed by atoms with van der Waals surface area (Å²) >= 11 is 0. The van der Waals surface area contributed by atoms with Gasteiger partial charge in [0.1, 0.15) is 5.75 Å². The molecule has 0 spiro atoms. The van der Waals surface area contributed by atoms with Crippen LogP contribution in [0.4, 0.5) is 5.69 Å².